The molecule has 3 aromatic heterocycles. The highest BCUT2D eigenvalue weighted by Crippen LogP contribution is 2.32. The van der Waals surface area contributed by atoms with Crippen molar-refractivity contribution in [3.05, 3.63) is 60.9 Å². The summed E-state index contributed by atoms with van der Waals surface area (Å²) in [4.78, 5) is 16.3. The highest BCUT2D eigenvalue weighted by Gasteiger charge is 2.16. The fourth-order valence-electron chi connectivity index (χ4n) is 4.23. The number of fused-ring (bicyclic) bond motifs is 1. The van der Waals surface area contributed by atoms with Crippen molar-refractivity contribution in [3.63, 3.8) is 0 Å². The number of sulfonamides is 1. The fraction of sp³-hybridized carbons (Fsp3) is 0.208. The van der Waals surface area contributed by atoms with Gasteiger partial charge < -0.3 is 10.6 Å². The number of nitrogen functional groups attached to an aromatic ring is 1. The summed E-state index contributed by atoms with van der Waals surface area (Å²) < 4.78 is 23.1. The van der Waals surface area contributed by atoms with Crippen molar-refractivity contribution >= 4 is 32.3 Å². The minimum absolute atomic E-state index is 0.0517. The average Bonchev–Trinajstić information content (AvgIpc) is 2.84. The SMILES string of the molecule is Nc1ccc(-c2ccc(S(N)(=O)=O)cc2)nc1-c1cc2c(N3CCCCC3)ccnc2cn1. The van der Waals surface area contributed by atoms with Gasteiger partial charge in [0.1, 0.15) is 5.69 Å². The molecule has 1 saturated heterocycles. The highest BCUT2D eigenvalue weighted by molar-refractivity contribution is 7.89. The smallest absolute Gasteiger partial charge is 0.238 e. The highest BCUT2D eigenvalue weighted by atomic mass is 32.2. The summed E-state index contributed by atoms with van der Waals surface area (Å²) in [6.07, 6.45) is 7.21. The standard InChI is InChI=1S/C24H24N6O2S/c25-19-8-9-20(16-4-6-17(7-5-16)33(26,31)32)29-24(19)21-14-18-22(15-28-21)27-11-10-23(18)30-12-2-1-3-13-30/h4-11,14-15H,1-3,12-13,25H2,(H2,26,31,32). The molecule has 4 aromatic rings. The minimum atomic E-state index is -3.75. The number of hydrogen-bond donors (Lipinski definition) is 2. The third-order valence-corrected chi connectivity index (χ3v) is 6.88. The molecule has 8 nitrogen and oxygen atoms in total. The van der Waals surface area contributed by atoms with Gasteiger partial charge in [-0.25, -0.2) is 18.5 Å². The molecule has 1 aliphatic rings. The lowest BCUT2D eigenvalue weighted by molar-refractivity contribution is 0.579. The Labute approximate surface area is 192 Å². The van der Waals surface area contributed by atoms with Gasteiger partial charge in [-0.2, -0.15) is 0 Å². The number of anilines is 2. The first kappa shape index (κ1) is 21.3. The minimum Gasteiger partial charge on any atom is -0.397 e. The second-order valence-electron chi connectivity index (χ2n) is 8.17. The first-order valence-electron chi connectivity index (χ1n) is 10.8. The summed E-state index contributed by atoms with van der Waals surface area (Å²) in [5.41, 5.74) is 11.4. The van der Waals surface area contributed by atoms with Crippen molar-refractivity contribution in [1.29, 1.82) is 0 Å². The van der Waals surface area contributed by atoms with Crippen LogP contribution >= 0.6 is 0 Å². The van der Waals surface area contributed by atoms with E-state index in [1.54, 1.807) is 30.5 Å². The van der Waals surface area contributed by atoms with E-state index in [4.69, 9.17) is 15.9 Å². The van der Waals surface area contributed by atoms with Crippen LogP contribution in [-0.2, 0) is 10.0 Å². The van der Waals surface area contributed by atoms with Gasteiger partial charge >= 0.3 is 0 Å². The van der Waals surface area contributed by atoms with Crippen LogP contribution in [0.2, 0.25) is 0 Å². The van der Waals surface area contributed by atoms with Gasteiger partial charge in [0.2, 0.25) is 10.0 Å². The molecule has 0 aliphatic carbocycles. The Kier molecular flexibility index (Phi) is 5.43. The van der Waals surface area contributed by atoms with Crippen molar-refractivity contribution in [2.24, 2.45) is 5.14 Å². The number of hydrogen-bond acceptors (Lipinski definition) is 7. The van der Waals surface area contributed by atoms with Crippen LogP contribution in [0, 0.1) is 0 Å². The molecule has 33 heavy (non-hydrogen) atoms. The number of nitrogens with zero attached hydrogens (tertiary/aromatic N) is 4. The molecular formula is C24H24N6O2S. The van der Waals surface area contributed by atoms with E-state index in [0.717, 1.165) is 35.2 Å². The molecule has 0 bridgehead atoms. The van der Waals surface area contributed by atoms with Crippen LogP contribution in [0.5, 0.6) is 0 Å². The normalized spacial score (nSPS) is 14.5. The van der Waals surface area contributed by atoms with E-state index >= 15 is 0 Å². The molecule has 0 unspecified atom stereocenters. The molecule has 0 radical (unpaired) electrons. The molecule has 4 heterocycles. The lowest BCUT2D eigenvalue weighted by atomic mass is 10.1. The van der Waals surface area contributed by atoms with Gasteiger partial charge in [0, 0.05) is 35.9 Å². The molecule has 0 saturated carbocycles. The van der Waals surface area contributed by atoms with E-state index in [9.17, 15) is 8.42 Å². The lowest BCUT2D eigenvalue weighted by Crippen LogP contribution is -2.29. The Bertz CT molecular complexity index is 1430. The van der Waals surface area contributed by atoms with Gasteiger partial charge in [-0.15, -0.1) is 0 Å². The maximum Gasteiger partial charge on any atom is 0.238 e. The number of primary sulfonamides is 1. The van der Waals surface area contributed by atoms with Crippen LogP contribution in [0.25, 0.3) is 33.5 Å². The molecule has 4 N–H and O–H groups in total. The molecule has 9 heteroatoms. The van der Waals surface area contributed by atoms with Crippen LogP contribution in [0.4, 0.5) is 11.4 Å². The second kappa shape index (κ2) is 8.42. The van der Waals surface area contributed by atoms with E-state index in [-0.39, 0.29) is 4.90 Å². The van der Waals surface area contributed by atoms with E-state index < -0.39 is 10.0 Å². The summed E-state index contributed by atoms with van der Waals surface area (Å²) in [5.74, 6) is 0. The topological polar surface area (TPSA) is 128 Å². The van der Waals surface area contributed by atoms with Crippen LogP contribution < -0.4 is 15.8 Å². The predicted octanol–water partition coefficient (Wildman–Crippen LogP) is 3.58. The molecule has 0 atom stereocenters. The second-order valence-corrected chi connectivity index (χ2v) is 9.73. The number of piperidine rings is 1. The summed E-state index contributed by atoms with van der Waals surface area (Å²) in [6, 6.07) is 13.9. The number of nitrogens with two attached hydrogens (primary N) is 2. The van der Waals surface area contributed by atoms with Crippen molar-refractivity contribution in [1.82, 2.24) is 15.0 Å². The summed E-state index contributed by atoms with van der Waals surface area (Å²) in [6.45, 7) is 2.06. The van der Waals surface area contributed by atoms with E-state index in [1.165, 1.54) is 31.4 Å². The number of aromatic nitrogens is 3. The zero-order chi connectivity index (χ0) is 23.0. The lowest BCUT2D eigenvalue weighted by Gasteiger charge is -2.29. The first-order valence-corrected chi connectivity index (χ1v) is 12.3. The molecule has 1 fully saturated rings. The summed E-state index contributed by atoms with van der Waals surface area (Å²) in [7, 11) is -3.75. The van der Waals surface area contributed by atoms with Gasteiger partial charge in [0.05, 0.1) is 33.7 Å². The zero-order valence-electron chi connectivity index (χ0n) is 18.0. The molecule has 168 valence electrons. The van der Waals surface area contributed by atoms with E-state index in [0.29, 0.717) is 22.8 Å². The monoisotopic (exact) mass is 460 g/mol. The van der Waals surface area contributed by atoms with E-state index in [2.05, 4.69) is 20.9 Å². The van der Waals surface area contributed by atoms with Gasteiger partial charge in [0.15, 0.2) is 0 Å². The van der Waals surface area contributed by atoms with Crippen molar-refractivity contribution < 1.29 is 8.42 Å². The quantitative estimate of drug-likeness (QED) is 0.476. The van der Waals surface area contributed by atoms with Crippen molar-refractivity contribution in [3.8, 4) is 22.6 Å². The summed E-state index contributed by atoms with van der Waals surface area (Å²) in [5, 5.41) is 6.22. The van der Waals surface area contributed by atoms with Gasteiger partial charge in [-0.1, -0.05) is 12.1 Å². The van der Waals surface area contributed by atoms with Gasteiger partial charge in [-0.05, 0) is 55.7 Å². The molecular weight excluding hydrogens is 436 g/mol. The predicted molar refractivity (Wildman–Crippen MR) is 130 cm³/mol. The third kappa shape index (κ3) is 4.24. The third-order valence-electron chi connectivity index (χ3n) is 5.95. The average molecular weight is 461 g/mol. The fourth-order valence-corrected chi connectivity index (χ4v) is 4.74. The Morgan fingerprint density at radius 1 is 0.879 bits per heavy atom. The molecule has 5 rings (SSSR count). The van der Waals surface area contributed by atoms with Crippen LogP contribution in [0.3, 0.4) is 0 Å². The Morgan fingerprint density at radius 3 is 2.36 bits per heavy atom. The maximum absolute atomic E-state index is 11.5. The van der Waals surface area contributed by atoms with Gasteiger partial charge in [0.25, 0.3) is 0 Å². The zero-order valence-corrected chi connectivity index (χ0v) is 18.8. The molecule has 1 aromatic carbocycles. The number of rotatable bonds is 4. The van der Waals surface area contributed by atoms with Crippen LogP contribution in [0.1, 0.15) is 19.3 Å². The maximum atomic E-state index is 11.5. The number of pyridine rings is 3. The van der Waals surface area contributed by atoms with Crippen LogP contribution in [0.15, 0.2) is 65.8 Å². The molecule has 0 amide bonds. The van der Waals surface area contributed by atoms with Crippen molar-refractivity contribution in [2.75, 3.05) is 23.7 Å². The van der Waals surface area contributed by atoms with E-state index in [1.807, 2.05) is 12.3 Å². The van der Waals surface area contributed by atoms with Crippen LogP contribution in [-0.4, -0.2) is 36.5 Å². The largest absolute Gasteiger partial charge is 0.397 e. The van der Waals surface area contributed by atoms with Gasteiger partial charge in [-0.3, -0.25) is 9.97 Å². The number of benzene rings is 1. The first-order chi connectivity index (χ1) is 15.9. The summed E-state index contributed by atoms with van der Waals surface area (Å²) >= 11 is 0. The molecule has 1 aliphatic heterocycles. The van der Waals surface area contributed by atoms with Crippen molar-refractivity contribution in [2.45, 2.75) is 24.2 Å². The Hall–Kier alpha value is -3.56. The molecule has 0 spiro atoms. The Morgan fingerprint density at radius 2 is 1.64 bits per heavy atom. The Balaban J connectivity index is 1.57.